The second-order valence-corrected chi connectivity index (χ2v) is 9.48. The van der Waals surface area contributed by atoms with Crippen LogP contribution >= 0.6 is 0 Å². The number of anilines is 1. The molecule has 1 amide bonds. The van der Waals surface area contributed by atoms with Crippen molar-refractivity contribution in [1.29, 1.82) is 0 Å². The van der Waals surface area contributed by atoms with E-state index in [4.69, 9.17) is 9.47 Å². The predicted octanol–water partition coefficient (Wildman–Crippen LogP) is 5.97. The first-order valence-corrected chi connectivity index (χ1v) is 12.0. The van der Waals surface area contributed by atoms with Gasteiger partial charge in [0.05, 0.1) is 30.9 Å². The maximum Gasteiger partial charge on any atom is 0.300 e. The molecule has 1 saturated heterocycles. The average Bonchev–Trinajstić information content (AvgIpc) is 3.13. The number of ether oxygens (including phenoxy) is 2. The summed E-state index contributed by atoms with van der Waals surface area (Å²) >= 11 is 0. The number of ketones is 1. The minimum atomic E-state index is -0.822. The molecule has 3 aromatic rings. The van der Waals surface area contributed by atoms with Gasteiger partial charge < -0.3 is 14.6 Å². The molecule has 6 heteroatoms. The number of aryl methyl sites for hydroxylation is 2. The van der Waals surface area contributed by atoms with E-state index in [-0.39, 0.29) is 11.3 Å². The number of Topliss-reactive ketones (excluding diaryl/α,β-unsaturated/α-hetero) is 1. The molecule has 1 N–H and O–H groups in total. The molecular weight excluding hydrogens is 454 g/mol. The van der Waals surface area contributed by atoms with Crippen molar-refractivity contribution in [3.05, 3.63) is 94.6 Å². The first-order chi connectivity index (χ1) is 17.2. The number of benzene rings is 3. The van der Waals surface area contributed by atoms with Crippen molar-refractivity contribution in [2.75, 3.05) is 18.6 Å². The number of hydrogen-bond donors (Lipinski definition) is 1. The van der Waals surface area contributed by atoms with Gasteiger partial charge in [-0.3, -0.25) is 14.5 Å². The molecule has 1 fully saturated rings. The van der Waals surface area contributed by atoms with E-state index < -0.39 is 17.7 Å². The third kappa shape index (κ3) is 4.85. The number of aliphatic hydroxyl groups excluding tert-OH is 1. The van der Waals surface area contributed by atoms with Gasteiger partial charge in [-0.25, -0.2) is 0 Å². The molecule has 1 aliphatic heterocycles. The summed E-state index contributed by atoms with van der Waals surface area (Å²) in [7, 11) is 1.50. The van der Waals surface area contributed by atoms with E-state index in [9.17, 15) is 14.7 Å². The van der Waals surface area contributed by atoms with Crippen molar-refractivity contribution < 1.29 is 24.2 Å². The zero-order valence-electron chi connectivity index (χ0n) is 21.2. The molecule has 0 saturated carbocycles. The first-order valence-electron chi connectivity index (χ1n) is 12.0. The Kier molecular flexibility index (Phi) is 7.15. The van der Waals surface area contributed by atoms with E-state index in [1.165, 1.54) is 12.0 Å². The monoisotopic (exact) mass is 485 g/mol. The van der Waals surface area contributed by atoms with Gasteiger partial charge in [0.15, 0.2) is 0 Å². The number of carbonyl (C=O) groups excluding carboxylic acids is 2. The van der Waals surface area contributed by atoms with E-state index in [0.717, 1.165) is 11.1 Å². The normalized spacial score (nSPS) is 17.1. The van der Waals surface area contributed by atoms with Crippen LogP contribution in [0, 0.1) is 19.8 Å². The molecular formula is C30H31NO5. The average molecular weight is 486 g/mol. The van der Waals surface area contributed by atoms with Crippen LogP contribution in [0.5, 0.6) is 11.5 Å². The maximum atomic E-state index is 13.4. The van der Waals surface area contributed by atoms with Crippen LogP contribution in [-0.4, -0.2) is 30.5 Å². The van der Waals surface area contributed by atoms with Crippen molar-refractivity contribution in [2.24, 2.45) is 5.92 Å². The Morgan fingerprint density at radius 3 is 2.19 bits per heavy atom. The fourth-order valence-corrected chi connectivity index (χ4v) is 4.28. The Morgan fingerprint density at radius 2 is 1.58 bits per heavy atom. The SMILES string of the molecule is COc1ccc(C)cc1/C(O)=C1\C(=O)C(=O)N(c2ccc(C)cc2)C1c1ccc(OCC(C)C)cc1. The minimum Gasteiger partial charge on any atom is -0.507 e. The first kappa shape index (κ1) is 25.0. The lowest BCUT2D eigenvalue weighted by Crippen LogP contribution is -2.29. The lowest BCUT2D eigenvalue weighted by Gasteiger charge is -2.26. The maximum absolute atomic E-state index is 13.4. The predicted molar refractivity (Wildman–Crippen MR) is 140 cm³/mol. The zero-order chi connectivity index (χ0) is 26.0. The van der Waals surface area contributed by atoms with E-state index in [1.54, 1.807) is 24.3 Å². The van der Waals surface area contributed by atoms with Crippen LogP contribution in [0.3, 0.4) is 0 Å². The lowest BCUT2D eigenvalue weighted by atomic mass is 9.94. The van der Waals surface area contributed by atoms with Crippen LogP contribution in [0.4, 0.5) is 5.69 Å². The van der Waals surface area contributed by atoms with E-state index >= 15 is 0 Å². The fourth-order valence-electron chi connectivity index (χ4n) is 4.28. The van der Waals surface area contributed by atoms with Gasteiger partial charge in [0.1, 0.15) is 17.3 Å². The molecule has 1 aliphatic rings. The van der Waals surface area contributed by atoms with Crippen LogP contribution in [0.15, 0.2) is 72.3 Å². The summed E-state index contributed by atoms with van der Waals surface area (Å²) in [4.78, 5) is 28.2. The molecule has 0 aromatic heterocycles. The summed E-state index contributed by atoms with van der Waals surface area (Å²) in [6, 6.07) is 19.2. The smallest absolute Gasteiger partial charge is 0.300 e. The van der Waals surface area contributed by atoms with Crippen LogP contribution in [0.1, 0.15) is 42.1 Å². The highest BCUT2D eigenvalue weighted by molar-refractivity contribution is 6.51. The summed E-state index contributed by atoms with van der Waals surface area (Å²) in [5, 5.41) is 11.5. The number of carbonyl (C=O) groups is 2. The number of hydrogen-bond acceptors (Lipinski definition) is 5. The topological polar surface area (TPSA) is 76.1 Å². The Balaban J connectivity index is 1.89. The van der Waals surface area contributed by atoms with Gasteiger partial charge in [-0.05, 0) is 61.7 Å². The van der Waals surface area contributed by atoms with Gasteiger partial charge in [-0.15, -0.1) is 0 Å². The molecule has 0 bridgehead atoms. The zero-order valence-corrected chi connectivity index (χ0v) is 21.2. The van der Waals surface area contributed by atoms with Crippen LogP contribution in [0.2, 0.25) is 0 Å². The highest BCUT2D eigenvalue weighted by Gasteiger charge is 2.47. The Hall–Kier alpha value is -4.06. The van der Waals surface area contributed by atoms with Crippen molar-refractivity contribution in [2.45, 2.75) is 33.7 Å². The summed E-state index contributed by atoms with van der Waals surface area (Å²) in [5.41, 5.74) is 3.54. The molecule has 3 aromatic carbocycles. The Morgan fingerprint density at radius 1 is 0.944 bits per heavy atom. The molecule has 1 unspecified atom stereocenters. The third-order valence-electron chi connectivity index (χ3n) is 6.15. The van der Waals surface area contributed by atoms with E-state index in [0.29, 0.717) is 40.8 Å². The molecule has 1 atom stereocenters. The van der Waals surface area contributed by atoms with Crippen molar-refractivity contribution in [3.8, 4) is 11.5 Å². The Labute approximate surface area is 211 Å². The second kappa shape index (κ2) is 10.3. The van der Waals surface area contributed by atoms with Crippen molar-refractivity contribution in [3.63, 3.8) is 0 Å². The Bertz CT molecular complexity index is 1310. The molecule has 0 aliphatic carbocycles. The summed E-state index contributed by atoms with van der Waals surface area (Å²) in [6.07, 6.45) is 0. The molecule has 1 heterocycles. The quantitative estimate of drug-likeness (QED) is 0.253. The fraction of sp³-hybridized carbons (Fsp3) is 0.267. The highest BCUT2D eigenvalue weighted by Crippen LogP contribution is 2.43. The third-order valence-corrected chi connectivity index (χ3v) is 6.15. The number of aliphatic hydroxyl groups is 1. The number of methoxy groups -OCH3 is 1. The van der Waals surface area contributed by atoms with Gasteiger partial charge in [-0.1, -0.05) is 55.3 Å². The van der Waals surface area contributed by atoms with Crippen molar-refractivity contribution in [1.82, 2.24) is 0 Å². The van der Waals surface area contributed by atoms with E-state index in [2.05, 4.69) is 13.8 Å². The minimum absolute atomic E-state index is 0.0142. The molecule has 36 heavy (non-hydrogen) atoms. The standard InChI is InChI=1S/C30H31NO5/c1-18(2)17-36-23-13-9-21(10-14-23)27-26(28(32)24-16-20(4)8-15-25(24)35-5)29(33)30(34)31(27)22-11-6-19(3)7-12-22/h6-16,18,27,32H,17H2,1-5H3/b28-26+. The second-order valence-electron chi connectivity index (χ2n) is 9.48. The molecule has 6 nitrogen and oxygen atoms in total. The van der Waals surface area contributed by atoms with Gasteiger partial charge >= 0.3 is 0 Å². The molecule has 186 valence electrons. The van der Waals surface area contributed by atoms with Crippen LogP contribution in [-0.2, 0) is 9.59 Å². The summed E-state index contributed by atoms with van der Waals surface area (Å²) in [6.45, 7) is 8.56. The van der Waals surface area contributed by atoms with Crippen LogP contribution in [0.25, 0.3) is 5.76 Å². The van der Waals surface area contributed by atoms with E-state index in [1.807, 2.05) is 56.3 Å². The lowest BCUT2D eigenvalue weighted by molar-refractivity contribution is -0.132. The highest BCUT2D eigenvalue weighted by atomic mass is 16.5. The van der Waals surface area contributed by atoms with Gasteiger partial charge in [-0.2, -0.15) is 0 Å². The summed E-state index contributed by atoms with van der Waals surface area (Å²) < 4.78 is 11.3. The molecule has 0 spiro atoms. The van der Waals surface area contributed by atoms with Crippen molar-refractivity contribution >= 4 is 23.1 Å². The van der Waals surface area contributed by atoms with Gasteiger partial charge in [0.2, 0.25) is 0 Å². The summed E-state index contributed by atoms with van der Waals surface area (Å²) in [5.74, 6) is -0.231. The molecule has 4 rings (SSSR count). The molecule has 0 radical (unpaired) electrons. The van der Waals surface area contributed by atoms with Gasteiger partial charge in [0, 0.05) is 5.69 Å². The van der Waals surface area contributed by atoms with Crippen LogP contribution < -0.4 is 14.4 Å². The number of nitrogens with zero attached hydrogens (tertiary/aromatic N) is 1. The largest absolute Gasteiger partial charge is 0.507 e. The number of rotatable bonds is 7. The number of amides is 1. The van der Waals surface area contributed by atoms with Gasteiger partial charge in [0.25, 0.3) is 11.7 Å².